The number of amides is 1. The van der Waals surface area contributed by atoms with Crippen molar-refractivity contribution in [3.63, 3.8) is 0 Å². The van der Waals surface area contributed by atoms with Gasteiger partial charge >= 0.3 is 0 Å². The molecule has 0 aromatic heterocycles. The Morgan fingerprint density at radius 2 is 1.83 bits per heavy atom. The standard InChI is InChI=1S/C17H19NO3S2/c1-13-6-8-15(9-7-13)22-11-10-18-17(19)14-4-3-5-16(12-14)23(2,20)21/h3-9,12H,10-11H2,1-2H3,(H,18,19). The van der Waals surface area contributed by atoms with Gasteiger partial charge in [-0.1, -0.05) is 23.8 Å². The minimum Gasteiger partial charge on any atom is -0.351 e. The van der Waals surface area contributed by atoms with Crippen molar-refractivity contribution in [2.24, 2.45) is 0 Å². The van der Waals surface area contributed by atoms with Gasteiger partial charge in [0.1, 0.15) is 0 Å². The lowest BCUT2D eigenvalue weighted by molar-refractivity contribution is 0.0956. The lowest BCUT2D eigenvalue weighted by atomic mass is 10.2. The molecule has 0 radical (unpaired) electrons. The van der Waals surface area contributed by atoms with E-state index in [1.807, 2.05) is 6.92 Å². The minimum absolute atomic E-state index is 0.152. The molecule has 0 unspecified atom stereocenters. The first-order valence-corrected chi connectivity index (χ1v) is 10.0. The summed E-state index contributed by atoms with van der Waals surface area (Å²) < 4.78 is 23.0. The predicted octanol–water partition coefficient (Wildman–Crippen LogP) is 2.92. The van der Waals surface area contributed by atoms with Gasteiger partial charge < -0.3 is 5.32 Å². The SMILES string of the molecule is Cc1ccc(SCCNC(=O)c2cccc(S(C)(=O)=O)c2)cc1. The fourth-order valence-corrected chi connectivity index (χ4v) is 3.37. The topological polar surface area (TPSA) is 63.2 Å². The number of carbonyl (C=O) groups is 1. The summed E-state index contributed by atoms with van der Waals surface area (Å²) in [6.07, 6.45) is 1.13. The van der Waals surface area contributed by atoms with E-state index in [1.165, 1.54) is 17.7 Å². The smallest absolute Gasteiger partial charge is 0.251 e. The van der Waals surface area contributed by atoms with E-state index in [0.29, 0.717) is 12.1 Å². The van der Waals surface area contributed by atoms with E-state index in [9.17, 15) is 13.2 Å². The third-order valence-electron chi connectivity index (χ3n) is 3.20. The van der Waals surface area contributed by atoms with E-state index in [2.05, 4.69) is 29.6 Å². The Bertz CT molecular complexity index is 784. The Kier molecular flexibility index (Phi) is 5.85. The van der Waals surface area contributed by atoms with Gasteiger partial charge in [-0.15, -0.1) is 11.8 Å². The second-order valence-electron chi connectivity index (χ2n) is 5.22. The monoisotopic (exact) mass is 349 g/mol. The summed E-state index contributed by atoms with van der Waals surface area (Å²) in [5.41, 5.74) is 1.57. The van der Waals surface area contributed by atoms with E-state index in [-0.39, 0.29) is 10.8 Å². The highest BCUT2D eigenvalue weighted by atomic mass is 32.2. The minimum atomic E-state index is -3.31. The highest BCUT2D eigenvalue weighted by Gasteiger charge is 2.11. The lowest BCUT2D eigenvalue weighted by Gasteiger charge is -2.07. The fraction of sp³-hybridized carbons (Fsp3) is 0.235. The third-order valence-corrected chi connectivity index (χ3v) is 5.33. The zero-order chi connectivity index (χ0) is 16.9. The molecule has 23 heavy (non-hydrogen) atoms. The zero-order valence-electron chi connectivity index (χ0n) is 13.1. The van der Waals surface area contributed by atoms with Gasteiger partial charge in [0.25, 0.3) is 5.91 Å². The Hall–Kier alpha value is -1.79. The van der Waals surface area contributed by atoms with Gasteiger partial charge in [-0.25, -0.2) is 8.42 Å². The van der Waals surface area contributed by atoms with E-state index in [4.69, 9.17) is 0 Å². The van der Waals surface area contributed by atoms with Gasteiger partial charge in [0, 0.05) is 29.0 Å². The van der Waals surface area contributed by atoms with E-state index >= 15 is 0 Å². The molecule has 2 aromatic rings. The molecule has 0 aliphatic carbocycles. The molecule has 122 valence electrons. The predicted molar refractivity (Wildman–Crippen MR) is 93.8 cm³/mol. The second kappa shape index (κ2) is 7.66. The number of sulfone groups is 1. The van der Waals surface area contributed by atoms with Crippen molar-refractivity contribution in [2.75, 3.05) is 18.6 Å². The van der Waals surface area contributed by atoms with Crippen molar-refractivity contribution in [2.45, 2.75) is 16.7 Å². The summed E-state index contributed by atoms with van der Waals surface area (Å²) in [6, 6.07) is 14.3. The van der Waals surface area contributed by atoms with Crippen LogP contribution in [-0.2, 0) is 9.84 Å². The quantitative estimate of drug-likeness (QED) is 0.643. The van der Waals surface area contributed by atoms with E-state index < -0.39 is 9.84 Å². The first-order valence-electron chi connectivity index (χ1n) is 7.14. The van der Waals surface area contributed by atoms with Gasteiger partial charge in [0.05, 0.1) is 4.90 Å². The van der Waals surface area contributed by atoms with Crippen LogP contribution in [0.1, 0.15) is 15.9 Å². The Morgan fingerprint density at radius 1 is 1.13 bits per heavy atom. The number of nitrogens with one attached hydrogen (secondary N) is 1. The van der Waals surface area contributed by atoms with Gasteiger partial charge in [-0.3, -0.25) is 4.79 Å². The molecule has 0 saturated heterocycles. The molecule has 0 saturated carbocycles. The van der Waals surface area contributed by atoms with Crippen LogP contribution in [0.3, 0.4) is 0 Å². The number of hydrogen-bond donors (Lipinski definition) is 1. The molecular formula is C17H19NO3S2. The number of rotatable bonds is 6. The third kappa shape index (κ3) is 5.41. The zero-order valence-corrected chi connectivity index (χ0v) is 14.7. The molecule has 0 bridgehead atoms. The second-order valence-corrected chi connectivity index (χ2v) is 8.40. The molecule has 0 fully saturated rings. The van der Waals surface area contributed by atoms with Crippen LogP contribution in [0, 0.1) is 6.92 Å². The maximum Gasteiger partial charge on any atom is 0.251 e. The molecule has 1 amide bonds. The first kappa shape index (κ1) is 17.6. The van der Waals surface area contributed by atoms with Crippen LogP contribution in [0.4, 0.5) is 0 Å². The van der Waals surface area contributed by atoms with E-state index in [1.54, 1.807) is 23.9 Å². The normalized spacial score (nSPS) is 11.2. The van der Waals surface area contributed by atoms with Crippen molar-refractivity contribution in [1.82, 2.24) is 5.32 Å². The highest BCUT2D eigenvalue weighted by Crippen LogP contribution is 2.17. The van der Waals surface area contributed by atoms with Gasteiger partial charge in [0.15, 0.2) is 9.84 Å². The molecule has 0 spiro atoms. The molecule has 0 atom stereocenters. The number of benzene rings is 2. The van der Waals surface area contributed by atoms with E-state index in [0.717, 1.165) is 16.9 Å². The molecular weight excluding hydrogens is 330 g/mol. The molecule has 0 aliphatic heterocycles. The summed E-state index contributed by atoms with van der Waals surface area (Å²) in [6.45, 7) is 2.56. The maximum atomic E-state index is 12.1. The molecule has 2 rings (SSSR count). The van der Waals surface area contributed by atoms with Crippen LogP contribution in [-0.4, -0.2) is 32.9 Å². The summed E-state index contributed by atoms with van der Waals surface area (Å²) in [5.74, 6) is 0.487. The van der Waals surface area contributed by atoms with Crippen LogP contribution in [0.2, 0.25) is 0 Å². The van der Waals surface area contributed by atoms with Crippen molar-refractivity contribution < 1.29 is 13.2 Å². The lowest BCUT2D eigenvalue weighted by Crippen LogP contribution is -2.25. The summed E-state index contributed by atoms with van der Waals surface area (Å²) in [4.78, 5) is 13.4. The molecule has 4 nitrogen and oxygen atoms in total. The average Bonchev–Trinajstić information content (AvgIpc) is 2.52. The van der Waals surface area contributed by atoms with Crippen LogP contribution < -0.4 is 5.32 Å². The van der Waals surface area contributed by atoms with Crippen molar-refractivity contribution in [3.8, 4) is 0 Å². The summed E-state index contributed by atoms with van der Waals surface area (Å²) >= 11 is 1.66. The first-order chi connectivity index (χ1) is 10.9. The van der Waals surface area contributed by atoms with Crippen molar-refractivity contribution >= 4 is 27.5 Å². The summed E-state index contributed by atoms with van der Waals surface area (Å²) in [7, 11) is -3.31. The highest BCUT2D eigenvalue weighted by molar-refractivity contribution is 7.99. The molecule has 1 N–H and O–H groups in total. The van der Waals surface area contributed by atoms with Crippen LogP contribution in [0.25, 0.3) is 0 Å². The Morgan fingerprint density at radius 3 is 2.48 bits per heavy atom. The summed E-state index contributed by atoms with van der Waals surface area (Å²) in [5, 5.41) is 2.80. The van der Waals surface area contributed by atoms with Crippen LogP contribution in [0.15, 0.2) is 58.3 Å². The Labute approximate surface area is 141 Å². The van der Waals surface area contributed by atoms with Gasteiger partial charge in [-0.05, 0) is 37.3 Å². The largest absolute Gasteiger partial charge is 0.351 e. The fourth-order valence-electron chi connectivity index (χ4n) is 1.94. The number of thioether (sulfide) groups is 1. The number of carbonyl (C=O) groups excluding carboxylic acids is 1. The molecule has 0 aliphatic rings. The number of aryl methyl sites for hydroxylation is 1. The maximum absolute atomic E-state index is 12.1. The average molecular weight is 349 g/mol. The number of hydrogen-bond acceptors (Lipinski definition) is 4. The van der Waals surface area contributed by atoms with Gasteiger partial charge in [0.2, 0.25) is 0 Å². The van der Waals surface area contributed by atoms with Crippen molar-refractivity contribution in [1.29, 1.82) is 0 Å². The van der Waals surface area contributed by atoms with Crippen molar-refractivity contribution in [3.05, 3.63) is 59.7 Å². The molecule has 2 aromatic carbocycles. The van der Waals surface area contributed by atoms with Crippen LogP contribution in [0.5, 0.6) is 0 Å². The van der Waals surface area contributed by atoms with Gasteiger partial charge in [-0.2, -0.15) is 0 Å². The Balaban J connectivity index is 1.86. The van der Waals surface area contributed by atoms with Crippen LogP contribution >= 0.6 is 11.8 Å². The molecule has 0 heterocycles. The molecule has 6 heteroatoms.